The van der Waals surface area contributed by atoms with Crippen molar-refractivity contribution < 1.29 is 9.15 Å². The predicted octanol–water partition coefficient (Wildman–Crippen LogP) is 2.35. The summed E-state index contributed by atoms with van der Waals surface area (Å²) in [5.41, 5.74) is 2.24. The fourth-order valence-corrected chi connectivity index (χ4v) is 2.12. The van der Waals surface area contributed by atoms with Crippen LogP contribution in [0.5, 0.6) is 0 Å². The molecule has 1 atom stereocenters. The SMILES string of the molecule is CN=C(NCc1ncc(-c2ccc(C)cc2)o1)NC(C)COC. The number of benzene rings is 1. The Balaban J connectivity index is 1.92. The van der Waals surface area contributed by atoms with Gasteiger partial charge in [-0.15, -0.1) is 0 Å². The molecule has 0 amide bonds. The van der Waals surface area contributed by atoms with Gasteiger partial charge in [0.2, 0.25) is 5.89 Å². The van der Waals surface area contributed by atoms with Gasteiger partial charge in [0.05, 0.1) is 19.3 Å². The summed E-state index contributed by atoms with van der Waals surface area (Å²) >= 11 is 0. The molecule has 6 nitrogen and oxygen atoms in total. The van der Waals surface area contributed by atoms with Crippen molar-refractivity contribution in [3.8, 4) is 11.3 Å². The highest BCUT2D eigenvalue weighted by Crippen LogP contribution is 2.20. The first kappa shape index (κ1) is 17.0. The molecular weight excluding hydrogens is 292 g/mol. The Morgan fingerprint density at radius 2 is 2.09 bits per heavy atom. The molecule has 1 unspecified atom stereocenters. The summed E-state index contributed by atoms with van der Waals surface area (Å²) in [6.45, 7) is 5.15. The smallest absolute Gasteiger partial charge is 0.214 e. The van der Waals surface area contributed by atoms with Crippen LogP contribution < -0.4 is 10.6 Å². The summed E-state index contributed by atoms with van der Waals surface area (Å²) in [6, 6.07) is 8.33. The maximum Gasteiger partial charge on any atom is 0.214 e. The molecule has 1 heterocycles. The second-order valence-electron chi connectivity index (χ2n) is 5.41. The van der Waals surface area contributed by atoms with Crippen LogP contribution >= 0.6 is 0 Å². The number of aliphatic imine (C=N–C) groups is 1. The zero-order valence-corrected chi connectivity index (χ0v) is 14.1. The highest BCUT2D eigenvalue weighted by atomic mass is 16.5. The lowest BCUT2D eigenvalue weighted by molar-refractivity contribution is 0.179. The fourth-order valence-electron chi connectivity index (χ4n) is 2.12. The first-order valence-corrected chi connectivity index (χ1v) is 7.60. The Labute approximate surface area is 137 Å². The molecule has 0 fully saturated rings. The molecule has 0 radical (unpaired) electrons. The summed E-state index contributed by atoms with van der Waals surface area (Å²) < 4.78 is 10.9. The highest BCUT2D eigenvalue weighted by Gasteiger charge is 2.08. The van der Waals surface area contributed by atoms with E-state index in [9.17, 15) is 0 Å². The molecule has 6 heteroatoms. The van der Waals surface area contributed by atoms with Crippen molar-refractivity contribution in [2.75, 3.05) is 20.8 Å². The van der Waals surface area contributed by atoms with Gasteiger partial charge in [-0.2, -0.15) is 0 Å². The average molecular weight is 316 g/mol. The Morgan fingerprint density at radius 3 is 2.74 bits per heavy atom. The van der Waals surface area contributed by atoms with Crippen LogP contribution in [0, 0.1) is 6.92 Å². The Bertz CT molecular complexity index is 634. The second kappa shape index (κ2) is 8.33. The summed E-state index contributed by atoms with van der Waals surface area (Å²) in [5.74, 6) is 2.06. The minimum absolute atomic E-state index is 0.166. The van der Waals surface area contributed by atoms with E-state index in [1.807, 2.05) is 19.1 Å². The molecule has 0 aliphatic carbocycles. The van der Waals surface area contributed by atoms with Crippen molar-refractivity contribution in [3.63, 3.8) is 0 Å². The quantitative estimate of drug-likeness (QED) is 0.632. The third-order valence-corrected chi connectivity index (χ3v) is 3.32. The lowest BCUT2D eigenvalue weighted by atomic mass is 10.1. The largest absolute Gasteiger partial charge is 0.439 e. The van der Waals surface area contributed by atoms with E-state index < -0.39 is 0 Å². The summed E-state index contributed by atoms with van der Waals surface area (Å²) in [5, 5.41) is 6.40. The normalized spacial score (nSPS) is 13.0. The Kier molecular flexibility index (Phi) is 6.17. The van der Waals surface area contributed by atoms with Gasteiger partial charge < -0.3 is 19.8 Å². The Morgan fingerprint density at radius 1 is 1.35 bits per heavy atom. The number of nitrogens with one attached hydrogen (secondary N) is 2. The van der Waals surface area contributed by atoms with Gasteiger partial charge in [-0.1, -0.05) is 29.8 Å². The van der Waals surface area contributed by atoms with Crippen LogP contribution in [-0.2, 0) is 11.3 Å². The molecule has 2 aromatic rings. The van der Waals surface area contributed by atoms with E-state index in [4.69, 9.17) is 9.15 Å². The van der Waals surface area contributed by atoms with Gasteiger partial charge in [0, 0.05) is 25.8 Å². The number of guanidine groups is 1. The van der Waals surface area contributed by atoms with Gasteiger partial charge in [-0.3, -0.25) is 4.99 Å². The van der Waals surface area contributed by atoms with E-state index in [1.165, 1.54) is 5.56 Å². The molecule has 1 aromatic carbocycles. The predicted molar refractivity (Wildman–Crippen MR) is 91.3 cm³/mol. The van der Waals surface area contributed by atoms with E-state index in [0.29, 0.717) is 25.0 Å². The van der Waals surface area contributed by atoms with Crippen LogP contribution in [0.2, 0.25) is 0 Å². The first-order chi connectivity index (χ1) is 11.1. The van der Waals surface area contributed by atoms with Gasteiger partial charge in [-0.05, 0) is 13.8 Å². The third kappa shape index (κ3) is 5.10. The lowest BCUT2D eigenvalue weighted by Gasteiger charge is -2.16. The van der Waals surface area contributed by atoms with Gasteiger partial charge >= 0.3 is 0 Å². The highest BCUT2D eigenvalue weighted by molar-refractivity contribution is 5.79. The van der Waals surface area contributed by atoms with Gasteiger partial charge in [0.1, 0.15) is 0 Å². The minimum Gasteiger partial charge on any atom is -0.439 e. The number of aryl methyl sites for hydroxylation is 1. The van der Waals surface area contributed by atoms with Gasteiger partial charge in [0.15, 0.2) is 11.7 Å². The van der Waals surface area contributed by atoms with Crippen molar-refractivity contribution >= 4 is 5.96 Å². The molecule has 0 aliphatic rings. The monoisotopic (exact) mass is 316 g/mol. The van der Waals surface area contributed by atoms with Crippen molar-refractivity contribution in [1.29, 1.82) is 0 Å². The molecule has 1 aromatic heterocycles. The summed E-state index contributed by atoms with van der Waals surface area (Å²) in [4.78, 5) is 8.47. The number of nitrogens with zero attached hydrogens (tertiary/aromatic N) is 2. The van der Waals surface area contributed by atoms with Crippen LogP contribution in [0.25, 0.3) is 11.3 Å². The number of methoxy groups -OCH3 is 1. The molecule has 0 aliphatic heterocycles. The van der Waals surface area contributed by atoms with Gasteiger partial charge in [-0.25, -0.2) is 4.98 Å². The lowest BCUT2D eigenvalue weighted by Crippen LogP contribution is -2.43. The molecule has 0 saturated heterocycles. The summed E-state index contributed by atoms with van der Waals surface area (Å²) in [6.07, 6.45) is 1.74. The van der Waals surface area contributed by atoms with E-state index >= 15 is 0 Å². The van der Waals surface area contributed by atoms with Crippen molar-refractivity contribution in [1.82, 2.24) is 15.6 Å². The summed E-state index contributed by atoms with van der Waals surface area (Å²) in [7, 11) is 3.40. The molecule has 23 heavy (non-hydrogen) atoms. The number of hydrogen-bond donors (Lipinski definition) is 2. The van der Waals surface area contributed by atoms with Crippen LogP contribution in [0.3, 0.4) is 0 Å². The van der Waals surface area contributed by atoms with E-state index in [0.717, 1.165) is 11.3 Å². The minimum atomic E-state index is 0.166. The van der Waals surface area contributed by atoms with Crippen LogP contribution in [-0.4, -0.2) is 37.7 Å². The second-order valence-corrected chi connectivity index (χ2v) is 5.41. The van der Waals surface area contributed by atoms with Crippen LogP contribution in [0.15, 0.2) is 39.9 Å². The zero-order chi connectivity index (χ0) is 16.7. The first-order valence-electron chi connectivity index (χ1n) is 7.60. The number of oxazole rings is 1. The number of aromatic nitrogens is 1. The molecular formula is C17H24N4O2. The molecule has 124 valence electrons. The van der Waals surface area contributed by atoms with E-state index in [-0.39, 0.29) is 6.04 Å². The topological polar surface area (TPSA) is 71.7 Å². The molecule has 2 N–H and O–H groups in total. The fraction of sp³-hybridized carbons (Fsp3) is 0.412. The third-order valence-electron chi connectivity index (χ3n) is 3.32. The number of hydrogen-bond acceptors (Lipinski definition) is 4. The van der Waals surface area contributed by atoms with Crippen molar-refractivity contribution in [2.24, 2.45) is 4.99 Å². The average Bonchev–Trinajstić information content (AvgIpc) is 3.01. The van der Waals surface area contributed by atoms with Crippen LogP contribution in [0.4, 0.5) is 0 Å². The van der Waals surface area contributed by atoms with Crippen molar-refractivity contribution in [2.45, 2.75) is 26.4 Å². The van der Waals surface area contributed by atoms with E-state index in [1.54, 1.807) is 20.4 Å². The number of ether oxygens (including phenoxy) is 1. The number of rotatable bonds is 6. The van der Waals surface area contributed by atoms with Gasteiger partial charge in [0.25, 0.3) is 0 Å². The molecule has 0 bridgehead atoms. The standard InChI is InChI=1S/C17H24N4O2/c1-12-5-7-14(8-6-12)15-9-19-16(23-15)10-20-17(18-3)21-13(2)11-22-4/h5-9,13H,10-11H2,1-4H3,(H2,18,20,21). The molecule has 0 spiro atoms. The van der Waals surface area contributed by atoms with Crippen LogP contribution in [0.1, 0.15) is 18.4 Å². The maximum atomic E-state index is 5.78. The zero-order valence-electron chi connectivity index (χ0n) is 14.1. The van der Waals surface area contributed by atoms with E-state index in [2.05, 4.69) is 39.7 Å². The Hall–Kier alpha value is -2.34. The molecule has 0 saturated carbocycles. The maximum absolute atomic E-state index is 5.78. The molecule has 2 rings (SSSR count). The van der Waals surface area contributed by atoms with Crippen molar-refractivity contribution in [3.05, 3.63) is 41.9 Å².